The van der Waals surface area contributed by atoms with Crippen LogP contribution in [0.2, 0.25) is 5.02 Å². The summed E-state index contributed by atoms with van der Waals surface area (Å²) in [6.07, 6.45) is 0.219. The van der Waals surface area contributed by atoms with Crippen LogP contribution in [0.25, 0.3) is 0 Å². The van der Waals surface area contributed by atoms with Crippen molar-refractivity contribution < 1.29 is 9.84 Å². The summed E-state index contributed by atoms with van der Waals surface area (Å²) in [4.78, 5) is 0. The van der Waals surface area contributed by atoms with Crippen LogP contribution >= 0.6 is 11.6 Å². The first-order valence-corrected chi connectivity index (χ1v) is 6.64. The van der Waals surface area contributed by atoms with Crippen LogP contribution in [0.15, 0.2) is 42.5 Å². The van der Waals surface area contributed by atoms with Crippen LogP contribution in [0, 0.1) is 0 Å². The summed E-state index contributed by atoms with van der Waals surface area (Å²) in [6, 6.07) is 13.2. The van der Waals surface area contributed by atoms with Gasteiger partial charge in [0, 0.05) is 0 Å². The number of ether oxygens (including phenoxy) is 1. The van der Waals surface area contributed by atoms with E-state index in [1.54, 1.807) is 19.2 Å². The first kappa shape index (κ1) is 13.9. The molecule has 19 heavy (non-hydrogen) atoms. The molecule has 0 aromatic heterocycles. The number of methoxy groups -OCH3 is 1. The van der Waals surface area contributed by atoms with Crippen molar-refractivity contribution in [3.8, 4) is 5.75 Å². The van der Waals surface area contributed by atoms with Gasteiger partial charge in [-0.2, -0.15) is 0 Å². The van der Waals surface area contributed by atoms with Crippen molar-refractivity contribution in [3.63, 3.8) is 0 Å². The molecule has 0 aliphatic rings. The number of aliphatic hydroxyl groups is 1. The monoisotopic (exact) mass is 276 g/mol. The van der Waals surface area contributed by atoms with Crippen LogP contribution in [0.4, 0.5) is 0 Å². The minimum atomic E-state index is -0.667. The van der Waals surface area contributed by atoms with Crippen molar-refractivity contribution in [1.82, 2.24) is 0 Å². The molecule has 0 spiro atoms. The SMILES string of the molecule is CCc1ccccc1C(O)c1ccc(OC)c(Cl)c1. The van der Waals surface area contributed by atoms with Crippen LogP contribution in [0.5, 0.6) is 5.75 Å². The van der Waals surface area contributed by atoms with Crippen molar-refractivity contribution in [2.24, 2.45) is 0 Å². The lowest BCUT2D eigenvalue weighted by Crippen LogP contribution is -2.03. The summed E-state index contributed by atoms with van der Waals surface area (Å²) in [5.74, 6) is 0.612. The molecule has 0 fully saturated rings. The van der Waals surface area contributed by atoms with Gasteiger partial charge in [-0.05, 0) is 35.2 Å². The lowest BCUT2D eigenvalue weighted by molar-refractivity contribution is 0.219. The molecule has 2 rings (SSSR count). The highest BCUT2D eigenvalue weighted by atomic mass is 35.5. The maximum absolute atomic E-state index is 10.5. The van der Waals surface area contributed by atoms with E-state index in [0.717, 1.165) is 23.1 Å². The molecule has 2 nitrogen and oxygen atoms in total. The lowest BCUT2D eigenvalue weighted by Gasteiger charge is -2.16. The highest BCUT2D eigenvalue weighted by Gasteiger charge is 2.15. The van der Waals surface area contributed by atoms with Crippen LogP contribution < -0.4 is 4.74 Å². The minimum absolute atomic E-state index is 0.507. The third-order valence-corrected chi connectivity index (χ3v) is 3.52. The average Bonchev–Trinajstić information content (AvgIpc) is 2.46. The summed E-state index contributed by atoms with van der Waals surface area (Å²) in [7, 11) is 1.57. The number of aliphatic hydroxyl groups excluding tert-OH is 1. The van der Waals surface area contributed by atoms with Crippen molar-refractivity contribution in [3.05, 3.63) is 64.2 Å². The van der Waals surface area contributed by atoms with E-state index in [4.69, 9.17) is 16.3 Å². The molecule has 100 valence electrons. The second kappa shape index (κ2) is 6.09. The number of hydrogen-bond acceptors (Lipinski definition) is 2. The molecule has 1 N–H and O–H groups in total. The molecule has 2 aromatic carbocycles. The van der Waals surface area contributed by atoms with E-state index in [-0.39, 0.29) is 0 Å². The van der Waals surface area contributed by atoms with E-state index in [9.17, 15) is 5.11 Å². The van der Waals surface area contributed by atoms with Gasteiger partial charge < -0.3 is 9.84 Å². The largest absolute Gasteiger partial charge is 0.495 e. The van der Waals surface area contributed by atoms with Gasteiger partial charge in [-0.25, -0.2) is 0 Å². The highest BCUT2D eigenvalue weighted by molar-refractivity contribution is 6.32. The fourth-order valence-electron chi connectivity index (χ4n) is 2.16. The zero-order chi connectivity index (χ0) is 13.8. The number of halogens is 1. The molecule has 0 bridgehead atoms. The summed E-state index contributed by atoms with van der Waals surface area (Å²) in [5, 5.41) is 11.0. The van der Waals surface area contributed by atoms with Crippen LogP contribution in [-0.4, -0.2) is 12.2 Å². The Balaban J connectivity index is 2.38. The molecule has 0 amide bonds. The molecule has 0 heterocycles. The van der Waals surface area contributed by atoms with Gasteiger partial charge in [0.25, 0.3) is 0 Å². The van der Waals surface area contributed by atoms with E-state index in [2.05, 4.69) is 6.92 Å². The topological polar surface area (TPSA) is 29.5 Å². The normalized spacial score (nSPS) is 12.2. The number of rotatable bonds is 4. The fraction of sp³-hybridized carbons (Fsp3) is 0.250. The van der Waals surface area contributed by atoms with E-state index in [0.29, 0.717) is 10.8 Å². The number of hydrogen-bond donors (Lipinski definition) is 1. The molecule has 0 aliphatic heterocycles. The van der Waals surface area contributed by atoms with Gasteiger partial charge >= 0.3 is 0 Å². The molecule has 0 aliphatic carbocycles. The van der Waals surface area contributed by atoms with E-state index in [1.165, 1.54) is 0 Å². The Bertz CT molecular complexity index is 566. The highest BCUT2D eigenvalue weighted by Crippen LogP contribution is 2.31. The Kier molecular flexibility index (Phi) is 4.46. The van der Waals surface area contributed by atoms with Gasteiger partial charge in [0.05, 0.1) is 12.1 Å². The van der Waals surface area contributed by atoms with Crippen molar-refractivity contribution in [2.45, 2.75) is 19.4 Å². The number of benzene rings is 2. The predicted octanol–water partition coefficient (Wildman–Crippen LogP) is 3.99. The Labute approximate surface area is 118 Å². The fourth-order valence-corrected chi connectivity index (χ4v) is 2.42. The molecule has 1 atom stereocenters. The summed E-state index contributed by atoms with van der Waals surface area (Å²) in [6.45, 7) is 2.08. The average molecular weight is 277 g/mol. The molecule has 2 aromatic rings. The van der Waals surface area contributed by atoms with Gasteiger partial charge in [0.1, 0.15) is 11.9 Å². The molecule has 0 radical (unpaired) electrons. The standard InChI is InChI=1S/C16H17ClO2/c1-3-11-6-4-5-7-13(11)16(18)12-8-9-15(19-2)14(17)10-12/h4-10,16,18H,3H2,1-2H3. The van der Waals surface area contributed by atoms with Crippen LogP contribution in [0.1, 0.15) is 29.7 Å². The Hall–Kier alpha value is -1.51. The zero-order valence-electron chi connectivity index (χ0n) is 11.1. The molecule has 0 saturated heterocycles. The van der Waals surface area contributed by atoms with Gasteiger partial charge in [-0.3, -0.25) is 0 Å². The quantitative estimate of drug-likeness (QED) is 0.915. The van der Waals surface area contributed by atoms with Gasteiger partial charge in [-0.15, -0.1) is 0 Å². The third kappa shape index (κ3) is 2.91. The predicted molar refractivity (Wildman–Crippen MR) is 77.9 cm³/mol. The third-order valence-electron chi connectivity index (χ3n) is 3.22. The molecular formula is C16H17ClO2. The smallest absolute Gasteiger partial charge is 0.137 e. The van der Waals surface area contributed by atoms with E-state index >= 15 is 0 Å². The Morgan fingerprint density at radius 2 is 1.95 bits per heavy atom. The Morgan fingerprint density at radius 3 is 2.58 bits per heavy atom. The van der Waals surface area contributed by atoms with E-state index < -0.39 is 6.10 Å². The second-order valence-electron chi connectivity index (χ2n) is 4.35. The first-order chi connectivity index (χ1) is 9.17. The second-order valence-corrected chi connectivity index (χ2v) is 4.76. The van der Waals surface area contributed by atoms with E-state index in [1.807, 2.05) is 30.3 Å². The van der Waals surface area contributed by atoms with Crippen LogP contribution in [-0.2, 0) is 6.42 Å². The van der Waals surface area contributed by atoms with Gasteiger partial charge in [0.15, 0.2) is 0 Å². The summed E-state index contributed by atoms with van der Waals surface area (Å²) < 4.78 is 5.12. The Morgan fingerprint density at radius 1 is 1.21 bits per heavy atom. The minimum Gasteiger partial charge on any atom is -0.495 e. The molecule has 1 unspecified atom stereocenters. The molecule has 3 heteroatoms. The first-order valence-electron chi connectivity index (χ1n) is 6.26. The lowest BCUT2D eigenvalue weighted by atomic mass is 9.95. The zero-order valence-corrected chi connectivity index (χ0v) is 11.8. The summed E-state index contributed by atoms with van der Waals surface area (Å²) >= 11 is 6.10. The van der Waals surface area contributed by atoms with Crippen molar-refractivity contribution in [2.75, 3.05) is 7.11 Å². The maximum Gasteiger partial charge on any atom is 0.137 e. The van der Waals surface area contributed by atoms with Gasteiger partial charge in [0.2, 0.25) is 0 Å². The molecule has 0 saturated carbocycles. The summed E-state index contributed by atoms with van der Waals surface area (Å²) in [5.41, 5.74) is 2.83. The maximum atomic E-state index is 10.5. The molecular weight excluding hydrogens is 260 g/mol. The van der Waals surface area contributed by atoms with Gasteiger partial charge in [-0.1, -0.05) is 48.9 Å². The van der Waals surface area contributed by atoms with Crippen molar-refractivity contribution >= 4 is 11.6 Å². The van der Waals surface area contributed by atoms with Crippen molar-refractivity contribution in [1.29, 1.82) is 0 Å². The number of aryl methyl sites for hydroxylation is 1. The van der Waals surface area contributed by atoms with Crippen LogP contribution in [0.3, 0.4) is 0 Å².